The highest BCUT2D eigenvalue weighted by molar-refractivity contribution is 14.1. The number of aliphatic imine (C=N–C) groups is 1. The van der Waals surface area contributed by atoms with Crippen molar-refractivity contribution in [3.63, 3.8) is 0 Å². The van der Waals surface area contributed by atoms with Gasteiger partial charge in [-0.3, -0.25) is 0 Å². The zero-order chi connectivity index (χ0) is 11.6. The highest BCUT2D eigenvalue weighted by atomic mass is 127. The van der Waals surface area contributed by atoms with Gasteiger partial charge in [0.1, 0.15) is 0 Å². The zero-order valence-electron chi connectivity index (χ0n) is 6.95. The summed E-state index contributed by atoms with van der Waals surface area (Å²) in [5.74, 6) is 0. The predicted octanol–water partition coefficient (Wildman–Crippen LogP) is 4.78. The summed E-state index contributed by atoms with van der Waals surface area (Å²) >= 11 is 12.6. The molecule has 1 aromatic rings. The molecule has 0 heterocycles. The summed E-state index contributed by atoms with van der Waals surface area (Å²) in [6.07, 6.45) is -4.63. The topological polar surface area (TPSA) is 12.4 Å². The lowest BCUT2D eigenvalue weighted by Crippen LogP contribution is -2.16. The van der Waals surface area contributed by atoms with Crippen molar-refractivity contribution in [2.75, 3.05) is 0 Å². The molecule has 7 heteroatoms. The Morgan fingerprint density at radius 3 is 2.40 bits per heavy atom. The molecule has 0 radical (unpaired) electrons. The molecule has 0 amide bonds. The lowest BCUT2D eigenvalue weighted by molar-refractivity contribution is -0.0558. The molecule has 0 spiro atoms. The van der Waals surface area contributed by atoms with Crippen molar-refractivity contribution < 1.29 is 13.2 Å². The van der Waals surface area contributed by atoms with Crippen LogP contribution in [0.15, 0.2) is 23.2 Å². The maximum Gasteiger partial charge on any atom is 0.444 e. The van der Waals surface area contributed by atoms with Crippen molar-refractivity contribution in [1.82, 2.24) is 0 Å². The van der Waals surface area contributed by atoms with E-state index in [-0.39, 0.29) is 5.69 Å². The van der Waals surface area contributed by atoms with Gasteiger partial charge in [0.2, 0.25) is 5.17 Å². The highest BCUT2D eigenvalue weighted by Gasteiger charge is 2.34. The van der Waals surface area contributed by atoms with Crippen LogP contribution < -0.4 is 0 Å². The Balaban J connectivity index is 3.04. The molecule has 0 saturated heterocycles. The van der Waals surface area contributed by atoms with E-state index in [2.05, 4.69) is 4.99 Å². The zero-order valence-corrected chi connectivity index (χ0v) is 10.6. The van der Waals surface area contributed by atoms with Gasteiger partial charge in [0, 0.05) is 3.57 Å². The molecule has 0 fully saturated rings. The minimum Gasteiger partial charge on any atom is -0.232 e. The van der Waals surface area contributed by atoms with Gasteiger partial charge >= 0.3 is 6.18 Å². The standard InChI is InChI=1S/C8H3Cl2F3IN/c9-5-3-4(1-2-6(5)14)15-7(10)8(11,12)13/h1-3H. The first-order chi connectivity index (χ1) is 6.80. The summed E-state index contributed by atoms with van der Waals surface area (Å²) in [7, 11) is 0. The summed E-state index contributed by atoms with van der Waals surface area (Å²) in [6, 6.07) is 4.28. The van der Waals surface area contributed by atoms with E-state index in [9.17, 15) is 13.2 Å². The lowest BCUT2D eigenvalue weighted by Gasteiger charge is -2.03. The summed E-state index contributed by atoms with van der Waals surface area (Å²) in [5, 5.41) is -1.08. The Hall–Kier alpha value is -0.0100. The molecule has 15 heavy (non-hydrogen) atoms. The van der Waals surface area contributed by atoms with Crippen LogP contribution in [0.2, 0.25) is 5.02 Å². The molecule has 0 aliphatic rings. The van der Waals surface area contributed by atoms with E-state index >= 15 is 0 Å². The molecule has 1 aromatic carbocycles. The molecule has 0 aliphatic heterocycles. The average Bonchev–Trinajstić information content (AvgIpc) is 2.10. The average molecular weight is 368 g/mol. The highest BCUT2D eigenvalue weighted by Crippen LogP contribution is 2.27. The van der Waals surface area contributed by atoms with Crippen molar-refractivity contribution >= 4 is 56.7 Å². The van der Waals surface area contributed by atoms with Crippen LogP contribution in [0.25, 0.3) is 0 Å². The second-order valence-electron chi connectivity index (χ2n) is 2.50. The van der Waals surface area contributed by atoms with Crippen LogP contribution in [0, 0.1) is 3.57 Å². The van der Waals surface area contributed by atoms with Gasteiger partial charge in [-0.15, -0.1) is 0 Å². The van der Waals surface area contributed by atoms with E-state index < -0.39 is 11.3 Å². The van der Waals surface area contributed by atoms with Gasteiger partial charge in [-0.05, 0) is 40.8 Å². The van der Waals surface area contributed by atoms with Crippen LogP contribution >= 0.6 is 45.8 Å². The quantitative estimate of drug-likeness (QED) is 0.500. The smallest absolute Gasteiger partial charge is 0.232 e. The molecule has 0 bridgehead atoms. The fourth-order valence-electron chi connectivity index (χ4n) is 0.731. The van der Waals surface area contributed by atoms with Crippen LogP contribution in [0.1, 0.15) is 0 Å². The maximum atomic E-state index is 12.0. The van der Waals surface area contributed by atoms with Gasteiger partial charge in [-0.2, -0.15) is 13.2 Å². The number of nitrogens with zero attached hydrogens (tertiary/aromatic N) is 1. The molecule has 0 saturated carbocycles. The maximum absolute atomic E-state index is 12.0. The Morgan fingerprint density at radius 1 is 1.33 bits per heavy atom. The number of halogens is 6. The molecule has 0 N–H and O–H groups in total. The minimum absolute atomic E-state index is 0.0720. The molecule has 82 valence electrons. The van der Waals surface area contributed by atoms with Crippen molar-refractivity contribution in [3.8, 4) is 0 Å². The number of rotatable bonds is 1. The van der Waals surface area contributed by atoms with E-state index in [4.69, 9.17) is 23.2 Å². The van der Waals surface area contributed by atoms with Crippen LogP contribution in [-0.2, 0) is 0 Å². The normalized spacial score (nSPS) is 13.1. The van der Waals surface area contributed by atoms with Gasteiger partial charge in [0.25, 0.3) is 0 Å². The van der Waals surface area contributed by atoms with Crippen LogP contribution in [0.4, 0.5) is 18.9 Å². The van der Waals surface area contributed by atoms with Crippen molar-refractivity contribution in [2.45, 2.75) is 6.18 Å². The van der Waals surface area contributed by atoms with E-state index in [0.717, 1.165) is 3.57 Å². The summed E-state index contributed by atoms with van der Waals surface area (Å²) < 4.78 is 36.8. The Kier molecular flexibility index (Phi) is 4.25. The molecular weight excluding hydrogens is 365 g/mol. The molecule has 0 aromatic heterocycles. The third-order valence-corrected chi connectivity index (χ3v) is 3.24. The first-order valence-electron chi connectivity index (χ1n) is 3.57. The fraction of sp³-hybridized carbons (Fsp3) is 0.125. The number of hydrogen-bond acceptors (Lipinski definition) is 1. The number of hydrogen-bond donors (Lipinski definition) is 0. The molecule has 0 unspecified atom stereocenters. The van der Waals surface area contributed by atoms with E-state index in [1.165, 1.54) is 12.1 Å². The van der Waals surface area contributed by atoms with Gasteiger partial charge < -0.3 is 0 Å². The predicted molar refractivity (Wildman–Crippen MR) is 63.2 cm³/mol. The summed E-state index contributed by atoms with van der Waals surface area (Å²) in [5.41, 5.74) is 0.0720. The Bertz CT molecular complexity index is 403. The van der Waals surface area contributed by atoms with Crippen molar-refractivity contribution in [1.29, 1.82) is 0 Å². The largest absolute Gasteiger partial charge is 0.444 e. The Labute approximate surface area is 107 Å². The third kappa shape index (κ3) is 3.81. The lowest BCUT2D eigenvalue weighted by atomic mass is 10.3. The van der Waals surface area contributed by atoms with Gasteiger partial charge in [-0.1, -0.05) is 23.2 Å². The minimum atomic E-state index is -4.63. The molecular formula is C8H3Cl2F3IN. The monoisotopic (exact) mass is 367 g/mol. The van der Waals surface area contributed by atoms with Gasteiger partial charge in [0.15, 0.2) is 0 Å². The van der Waals surface area contributed by atoms with E-state index in [1.54, 1.807) is 6.07 Å². The van der Waals surface area contributed by atoms with Crippen LogP contribution in [0.5, 0.6) is 0 Å². The first kappa shape index (κ1) is 13.1. The Morgan fingerprint density at radius 2 is 1.93 bits per heavy atom. The molecule has 1 rings (SSSR count). The summed E-state index contributed by atoms with van der Waals surface area (Å²) in [6.45, 7) is 0. The second kappa shape index (κ2) is 4.88. The fourth-order valence-corrected chi connectivity index (χ4v) is 1.34. The van der Waals surface area contributed by atoms with Gasteiger partial charge in [-0.25, -0.2) is 4.99 Å². The van der Waals surface area contributed by atoms with E-state index in [0.29, 0.717) is 5.02 Å². The molecule has 0 aliphatic carbocycles. The summed E-state index contributed by atoms with van der Waals surface area (Å²) in [4.78, 5) is 3.20. The second-order valence-corrected chi connectivity index (χ2v) is 4.43. The van der Waals surface area contributed by atoms with Crippen molar-refractivity contribution in [2.24, 2.45) is 4.99 Å². The van der Waals surface area contributed by atoms with Gasteiger partial charge in [0.05, 0.1) is 10.7 Å². The van der Waals surface area contributed by atoms with Crippen LogP contribution in [0.3, 0.4) is 0 Å². The number of alkyl halides is 3. The SMILES string of the molecule is FC(F)(F)C(Cl)=Nc1ccc(I)c(Cl)c1. The third-order valence-electron chi connectivity index (χ3n) is 1.36. The number of benzene rings is 1. The molecule has 1 nitrogen and oxygen atoms in total. The molecule has 0 atom stereocenters. The van der Waals surface area contributed by atoms with Crippen LogP contribution in [-0.4, -0.2) is 11.3 Å². The first-order valence-corrected chi connectivity index (χ1v) is 5.40. The van der Waals surface area contributed by atoms with E-state index in [1.807, 2.05) is 22.6 Å². The van der Waals surface area contributed by atoms with Crippen molar-refractivity contribution in [3.05, 3.63) is 26.8 Å².